The normalized spacial score (nSPS) is 12.1. The largest absolute Gasteiger partial charge is 0.491 e. The standard InChI is InChI=1S/C18H15F3N2O/c1-12(2)24-16-6-3-13(4-7-16)9-14(10-22)17-8-5-15(11-23-17)18(19,20)21/h3-9,11-12H,1-2H3/b14-9-. The zero-order valence-corrected chi connectivity index (χ0v) is 13.1. The summed E-state index contributed by atoms with van der Waals surface area (Å²) in [6.45, 7) is 3.83. The van der Waals surface area contributed by atoms with Crippen molar-refractivity contribution < 1.29 is 17.9 Å². The Hall–Kier alpha value is -2.81. The Bertz CT molecular complexity index is 755. The van der Waals surface area contributed by atoms with Crippen molar-refractivity contribution in [3.8, 4) is 11.8 Å². The fourth-order valence-electron chi connectivity index (χ4n) is 1.97. The number of alkyl halides is 3. The van der Waals surface area contributed by atoms with E-state index in [1.807, 2.05) is 19.9 Å². The first-order chi connectivity index (χ1) is 11.3. The van der Waals surface area contributed by atoms with Gasteiger partial charge in [-0.25, -0.2) is 0 Å². The van der Waals surface area contributed by atoms with E-state index >= 15 is 0 Å². The van der Waals surface area contributed by atoms with E-state index in [-0.39, 0.29) is 17.4 Å². The Labute approximate surface area is 138 Å². The molecule has 2 aromatic rings. The van der Waals surface area contributed by atoms with Crippen molar-refractivity contribution in [2.45, 2.75) is 26.1 Å². The van der Waals surface area contributed by atoms with Crippen LogP contribution in [0.5, 0.6) is 5.75 Å². The predicted octanol–water partition coefficient (Wildman–Crippen LogP) is 4.95. The molecule has 0 N–H and O–H groups in total. The molecule has 0 spiro atoms. The number of nitriles is 1. The van der Waals surface area contributed by atoms with Crippen molar-refractivity contribution in [3.63, 3.8) is 0 Å². The Kier molecular flexibility index (Phi) is 5.24. The highest BCUT2D eigenvalue weighted by Gasteiger charge is 2.30. The number of benzene rings is 1. The number of rotatable bonds is 4. The summed E-state index contributed by atoms with van der Waals surface area (Å²) in [5.74, 6) is 0.702. The van der Waals surface area contributed by atoms with Gasteiger partial charge in [0.2, 0.25) is 0 Å². The van der Waals surface area contributed by atoms with Crippen molar-refractivity contribution in [3.05, 3.63) is 59.4 Å². The zero-order chi connectivity index (χ0) is 17.7. The van der Waals surface area contributed by atoms with Gasteiger partial charge in [-0.3, -0.25) is 4.98 Å². The van der Waals surface area contributed by atoms with Crippen LogP contribution in [0.3, 0.4) is 0 Å². The topological polar surface area (TPSA) is 45.9 Å². The van der Waals surface area contributed by atoms with E-state index in [1.165, 1.54) is 6.07 Å². The summed E-state index contributed by atoms with van der Waals surface area (Å²) in [7, 11) is 0. The lowest BCUT2D eigenvalue weighted by atomic mass is 10.1. The molecule has 0 aliphatic rings. The molecular weight excluding hydrogens is 317 g/mol. The molecule has 1 aromatic heterocycles. The highest BCUT2D eigenvalue weighted by Crippen LogP contribution is 2.29. The van der Waals surface area contributed by atoms with E-state index in [1.54, 1.807) is 30.3 Å². The molecule has 0 radical (unpaired) electrons. The fraction of sp³-hybridized carbons (Fsp3) is 0.222. The Morgan fingerprint density at radius 2 is 1.83 bits per heavy atom. The average molecular weight is 332 g/mol. The molecule has 6 heteroatoms. The molecule has 0 amide bonds. The molecule has 0 aliphatic carbocycles. The van der Waals surface area contributed by atoms with Gasteiger partial charge in [-0.15, -0.1) is 0 Å². The summed E-state index contributed by atoms with van der Waals surface area (Å²) < 4.78 is 43.2. The molecule has 1 aromatic carbocycles. The summed E-state index contributed by atoms with van der Waals surface area (Å²) in [6.07, 6.45) is -2.11. The first-order valence-electron chi connectivity index (χ1n) is 7.21. The van der Waals surface area contributed by atoms with Crippen LogP contribution in [-0.2, 0) is 6.18 Å². The fourth-order valence-corrected chi connectivity index (χ4v) is 1.97. The molecule has 0 fully saturated rings. The first-order valence-corrected chi connectivity index (χ1v) is 7.21. The van der Waals surface area contributed by atoms with E-state index in [0.717, 1.165) is 17.8 Å². The van der Waals surface area contributed by atoms with Gasteiger partial charge >= 0.3 is 6.18 Å². The van der Waals surface area contributed by atoms with Crippen molar-refractivity contribution in [2.75, 3.05) is 0 Å². The van der Waals surface area contributed by atoms with Gasteiger partial charge < -0.3 is 4.74 Å². The molecule has 0 saturated carbocycles. The summed E-state index contributed by atoms with van der Waals surface area (Å²) in [4.78, 5) is 3.73. The molecule has 124 valence electrons. The Morgan fingerprint density at radius 1 is 1.17 bits per heavy atom. The minimum atomic E-state index is -4.45. The number of halogens is 3. The molecule has 3 nitrogen and oxygen atoms in total. The van der Waals surface area contributed by atoms with Gasteiger partial charge in [0, 0.05) is 6.20 Å². The van der Waals surface area contributed by atoms with Crippen molar-refractivity contribution in [1.82, 2.24) is 4.98 Å². The smallest absolute Gasteiger partial charge is 0.417 e. The van der Waals surface area contributed by atoms with Crippen LogP contribution in [0.4, 0.5) is 13.2 Å². The van der Waals surface area contributed by atoms with E-state index in [4.69, 9.17) is 4.74 Å². The summed E-state index contributed by atoms with van der Waals surface area (Å²) in [5.41, 5.74) is 0.248. The second-order valence-corrected chi connectivity index (χ2v) is 5.34. The SMILES string of the molecule is CC(C)Oc1ccc(/C=C(/C#N)c2ccc(C(F)(F)F)cn2)cc1. The minimum absolute atomic E-state index is 0.0532. The van der Waals surface area contributed by atoms with Crippen LogP contribution in [-0.4, -0.2) is 11.1 Å². The van der Waals surface area contributed by atoms with Crippen LogP contribution in [0.2, 0.25) is 0 Å². The summed E-state index contributed by atoms with van der Waals surface area (Å²) >= 11 is 0. The number of hydrogen-bond acceptors (Lipinski definition) is 3. The van der Waals surface area contributed by atoms with Gasteiger partial charge in [0.1, 0.15) is 11.8 Å². The maximum atomic E-state index is 12.5. The molecular formula is C18H15F3N2O. The molecule has 0 aliphatic heterocycles. The van der Waals surface area contributed by atoms with Crippen LogP contribution >= 0.6 is 0 Å². The first kappa shape index (κ1) is 17.5. The van der Waals surface area contributed by atoms with Crippen molar-refractivity contribution in [2.24, 2.45) is 0 Å². The van der Waals surface area contributed by atoms with Gasteiger partial charge in [0.15, 0.2) is 0 Å². The quantitative estimate of drug-likeness (QED) is 0.744. The zero-order valence-electron chi connectivity index (χ0n) is 13.1. The van der Waals surface area contributed by atoms with E-state index < -0.39 is 11.7 Å². The van der Waals surface area contributed by atoms with Gasteiger partial charge in [-0.05, 0) is 49.8 Å². The molecule has 0 saturated heterocycles. The highest BCUT2D eigenvalue weighted by molar-refractivity contribution is 5.88. The summed E-state index contributed by atoms with van der Waals surface area (Å²) in [6, 6.07) is 11.1. The third kappa shape index (κ3) is 4.59. The predicted molar refractivity (Wildman–Crippen MR) is 84.9 cm³/mol. The van der Waals surface area contributed by atoms with E-state index in [0.29, 0.717) is 5.75 Å². The second kappa shape index (κ2) is 7.18. The number of ether oxygens (including phenoxy) is 1. The number of nitrogens with zero attached hydrogens (tertiary/aromatic N) is 2. The number of aromatic nitrogens is 1. The molecule has 0 unspecified atom stereocenters. The monoisotopic (exact) mass is 332 g/mol. The maximum Gasteiger partial charge on any atom is 0.417 e. The molecule has 0 atom stereocenters. The van der Waals surface area contributed by atoms with E-state index in [2.05, 4.69) is 4.98 Å². The van der Waals surface area contributed by atoms with E-state index in [9.17, 15) is 18.4 Å². The summed E-state index contributed by atoms with van der Waals surface area (Å²) in [5, 5.41) is 9.24. The number of hydrogen-bond donors (Lipinski definition) is 0. The Balaban J connectivity index is 2.24. The molecule has 1 heterocycles. The second-order valence-electron chi connectivity index (χ2n) is 5.34. The highest BCUT2D eigenvalue weighted by atomic mass is 19.4. The minimum Gasteiger partial charge on any atom is -0.491 e. The Morgan fingerprint density at radius 3 is 2.29 bits per heavy atom. The maximum absolute atomic E-state index is 12.5. The van der Waals surface area contributed by atoms with Crippen LogP contribution in [0.15, 0.2) is 42.6 Å². The molecule has 2 rings (SSSR count). The van der Waals surface area contributed by atoms with Gasteiger partial charge in [-0.1, -0.05) is 12.1 Å². The lowest BCUT2D eigenvalue weighted by Gasteiger charge is -2.09. The molecule has 24 heavy (non-hydrogen) atoms. The third-order valence-electron chi connectivity index (χ3n) is 3.05. The van der Waals surface area contributed by atoms with Crippen LogP contribution in [0, 0.1) is 11.3 Å². The van der Waals surface area contributed by atoms with Crippen LogP contribution in [0.1, 0.15) is 30.7 Å². The number of allylic oxidation sites excluding steroid dienone is 1. The third-order valence-corrected chi connectivity index (χ3v) is 3.05. The number of pyridine rings is 1. The van der Waals surface area contributed by atoms with Crippen molar-refractivity contribution in [1.29, 1.82) is 5.26 Å². The molecule has 0 bridgehead atoms. The van der Waals surface area contributed by atoms with Crippen molar-refractivity contribution >= 4 is 11.6 Å². The van der Waals surface area contributed by atoms with Gasteiger partial charge in [0.05, 0.1) is 22.9 Å². The average Bonchev–Trinajstić information content (AvgIpc) is 2.53. The van der Waals surface area contributed by atoms with Gasteiger partial charge in [0.25, 0.3) is 0 Å². The van der Waals surface area contributed by atoms with Crippen LogP contribution in [0.25, 0.3) is 11.6 Å². The van der Waals surface area contributed by atoms with Gasteiger partial charge in [-0.2, -0.15) is 18.4 Å². The lowest BCUT2D eigenvalue weighted by molar-refractivity contribution is -0.137. The lowest BCUT2D eigenvalue weighted by Crippen LogP contribution is -2.05. The van der Waals surface area contributed by atoms with Crippen LogP contribution < -0.4 is 4.74 Å².